The SMILES string of the molecule is CC(C)(C)c1nc(COc2ccccc2N)no1. The number of para-hydroxylation sites is 2. The first-order chi connectivity index (χ1) is 8.47. The topological polar surface area (TPSA) is 74.2 Å². The zero-order valence-electron chi connectivity index (χ0n) is 10.8. The van der Waals surface area contributed by atoms with Crippen molar-refractivity contribution in [1.29, 1.82) is 0 Å². The van der Waals surface area contributed by atoms with Crippen molar-refractivity contribution in [3.8, 4) is 5.75 Å². The van der Waals surface area contributed by atoms with E-state index < -0.39 is 0 Å². The van der Waals surface area contributed by atoms with Crippen LogP contribution in [0.5, 0.6) is 5.75 Å². The molecule has 2 N–H and O–H groups in total. The lowest BCUT2D eigenvalue weighted by Gasteiger charge is -2.10. The Morgan fingerprint density at radius 3 is 2.61 bits per heavy atom. The molecule has 2 rings (SSSR count). The second-order valence-corrected chi connectivity index (χ2v) is 5.09. The highest BCUT2D eigenvalue weighted by molar-refractivity contribution is 5.51. The van der Waals surface area contributed by atoms with Crippen LogP contribution in [0, 0.1) is 0 Å². The number of rotatable bonds is 3. The molecule has 0 aliphatic heterocycles. The second kappa shape index (κ2) is 4.68. The lowest BCUT2D eigenvalue weighted by atomic mass is 9.97. The molecule has 5 nitrogen and oxygen atoms in total. The summed E-state index contributed by atoms with van der Waals surface area (Å²) in [6.07, 6.45) is 0. The van der Waals surface area contributed by atoms with Gasteiger partial charge in [0.1, 0.15) is 5.75 Å². The average molecular weight is 247 g/mol. The Morgan fingerprint density at radius 1 is 1.28 bits per heavy atom. The summed E-state index contributed by atoms with van der Waals surface area (Å²) in [7, 11) is 0. The third-order valence-corrected chi connectivity index (χ3v) is 2.39. The molecule has 0 bridgehead atoms. The molecule has 0 atom stereocenters. The minimum absolute atomic E-state index is 0.156. The first kappa shape index (κ1) is 12.4. The maximum absolute atomic E-state index is 5.77. The number of ether oxygens (including phenoxy) is 1. The van der Waals surface area contributed by atoms with Gasteiger partial charge in [-0.05, 0) is 12.1 Å². The number of aromatic nitrogens is 2. The highest BCUT2D eigenvalue weighted by Crippen LogP contribution is 2.22. The first-order valence-electron chi connectivity index (χ1n) is 5.77. The molecule has 18 heavy (non-hydrogen) atoms. The summed E-state index contributed by atoms with van der Waals surface area (Å²) in [6, 6.07) is 7.31. The fourth-order valence-corrected chi connectivity index (χ4v) is 1.37. The van der Waals surface area contributed by atoms with Gasteiger partial charge in [0.2, 0.25) is 11.7 Å². The molecular formula is C13H17N3O2. The summed E-state index contributed by atoms with van der Waals surface area (Å²) in [6.45, 7) is 6.29. The lowest BCUT2D eigenvalue weighted by molar-refractivity contribution is 0.281. The van der Waals surface area contributed by atoms with Crippen molar-refractivity contribution >= 4 is 5.69 Å². The van der Waals surface area contributed by atoms with Crippen molar-refractivity contribution in [2.75, 3.05) is 5.73 Å². The van der Waals surface area contributed by atoms with Crippen LogP contribution in [0.2, 0.25) is 0 Å². The fourth-order valence-electron chi connectivity index (χ4n) is 1.37. The molecule has 0 fully saturated rings. The summed E-state index contributed by atoms with van der Waals surface area (Å²) in [5.41, 5.74) is 6.21. The molecule has 0 saturated heterocycles. The molecule has 0 aliphatic rings. The molecule has 5 heteroatoms. The van der Waals surface area contributed by atoms with Crippen LogP contribution in [-0.4, -0.2) is 10.1 Å². The van der Waals surface area contributed by atoms with Crippen LogP contribution in [0.25, 0.3) is 0 Å². The molecule has 1 aromatic heterocycles. The molecular weight excluding hydrogens is 230 g/mol. The Balaban J connectivity index is 2.03. The highest BCUT2D eigenvalue weighted by atomic mass is 16.5. The van der Waals surface area contributed by atoms with Gasteiger partial charge < -0.3 is 15.0 Å². The number of nitrogen functional groups attached to an aromatic ring is 1. The summed E-state index contributed by atoms with van der Waals surface area (Å²) in [5, 5.41) is 3.88. The van der Waals surface area contributed by atoms with E-state index in [2.05, 4.69) is 10.1 Å². The molecule has 0 radical (unpaired) electrons. The molecule has 0 spiro atoms. The number of nitrogens with two attached hydrogens (primary N) is 1. The fraction of sp³-hybridized carbons (Fsp3) is 0.385. The van der Waals surface area contributed by atoms with Gasteiger partial charge in [-0.3, -0.25) is 0 Å². The summed E-state index contributed by atoms with van der Waals surface area (Å²) in [4.78, 5) is 4.28. The quantitative estimate of drug-likeness (QED) is 0.843. The molecule has 2 aromatic rings. The Morgan fingerprint density at radius 2 is 2.00 bits per heavy atom. The average Bonchev–Trinajstić information content (AvgIpc) is 2.76. The van der Waals surface area contributed by atoms with Gasteiger partial charge >= 0.3 is 0 Å². The van der Waals surface area contributed by atoms with Crippen molar-refractivity contribution in [3.05, 3.63) is 36.0 Å². The smallest absolute Gasteiger partial charge is 0.232 e. The summed E-state index contributed by atoms with van der Waals surface area (Å²) >= 11 is 0. The molecule has 96 valence electrons. The molecule has 0 saturated carbocycles. The first-order valence-corrected chi connectivity index (χ1v) is 5.77. The van der Waals surface area contributed by atoms with E-state index >= 15 is 0 Å². The van der Waals surface area contributed by atoms with Gasteiger partial charge in [-0.1, -0.05) is 38.1 Å². The van der Waals surface area contributed by atoms with Crippen LogP contribution in [-0.2, 0) is 12.0 Å². The Hall–Kier alpha value is -2.04. The number of hydrogen-bond acceptors (Lipinski definition) is 5. The second-order valence-electron chi connectivity index (χ2n) is 5.09. The van der Waals surface area contributed by atoms with Gasteiger partial charge in [-0.15, -0.1) is 0 Å². The van der Waals surface area contributed by atoms with E-state index in [9.17, 15) is 0 Å². The Kier molecular flexibility index (Phi) is 3.23. The van der Waals surface area contributed by atoms with E-state index in [4.69, 9.17) is 15.0 Å². The minimum atomic E-state index is -0.156. The predicted octanol–water partition coefficient (Wildman–Crippen LogP) is 2.53. The maximum atomic E-state index is 5.77. The number of hydrogen-bond donors (Lipinski definition) is 1. The molecule has 1 heterocycles. The third kappa shape index (κ3) is 2.80. The number of nitrogens with zero attached hydrogens (tertiary/aromatic N) is 2. The van der Waals surface area contributed by atoms with Gasteiger partial charge in [0.15, 0.2) is 6.61 Å². The van der Waals surface area contributed by atoms with Gasteiger partial charge in [-0.25, -0.2) is 0 Å². The van der Waals surface area contributed by atoms with E-state index in [1.54, 1.807) is 12.1 Å². The van der Waals surface area contributed by atoms with Gasteiger partial charge in [0.05, 0.1) is 5.69 Å². The zero-order valence-corrected chi connectivity index (χ0v) is 10.8. The van der Waals surface area contributed by atoms with Crippen LogP contribution >= 0.6 is 0 Å². The van der Waals surface area contributed by atoms with E-state index in [-0.39, 0.29) is 12.0 Å². The zero-order chi connectivity index (χ0) is 13.2. The van der Waals surface area contributed by atoms with Crippen molar-refractivity contribution in [2.45, 2.75) is 32.8 Å². The van der Waals surface area contributed by atoms with Crippen LogP contribution in [0.15, 0.2) is 28.8 Å². The van der Waals surface area contributed by atoms with E-state index in [1.165, 1.54) is 0 Å². The van der Waals surface area contributed by atoms with Crippen LogP contribution in [0.4, 0.5) is 5.69 Å². The van der Waals surface area contributed by atoms with E-state index in [1.807, 2.05) is 32.9 Å². The molecule has 0 unspecified atom stereocenters. The number of benzene rings is 1. The predicted molar refractivity (Wildman–Crippen MR) is 68.2 cm³/mol. The van der Waals surface area contributed by atoms with Gasteiger partial charge in [0, 0.05) is 5.41 Å². The summed E-state index contributed by atoms with van der Waals surface area (Å²) in [5.74, 6) is 1.74. The highest BCUT2D eigenvalue weighted by Gasteiger charge is 2.21. The van der Waals surface area contributed by atoms with Crippen LogP contribution in [0.1, 0.15) is 32.5 Å². The lowest BCUT2D eigenvalue weighted by Crippen LogP contribution is -2.11. The largest absolute Gasteiger partial charge is 0.483 e. The van der Waals surface area contributed by atoms with E-state index in [0.717, 1.165) is 0 Å². The van der Waals surface area contributed by atoms with Crippen molar-refractivity contribution in [2.24, 2.45) is 0 Å². The maximum Gasteiger partial charge on any atom is 0.232 e. The van der Waals surface area contributed by atoms with Crippen molar-refractivity contribution in [1.82, 2.24) is 10.1 Å². The monoisotopic (exact) mass is 247 g/mol. The third-order valence-electron chi connectivity index (χ3n) is 2.39. The molecule has 0 amide bonds. The van der Waals surface area contributed by atoms with Gasteiger partial charge in [0.25, 0.3) is 0 Å². The molecule has 1 aromatic carbocycles. The van der Waals surface area contributed by atoms with E-state index in [0.29, 0.717) is 23.2 Å². The molecule has 0 aliphatic carbocycles. The van der Waals surface area contributed by atoms with Crippen LogP contribution < -0.4 is 10.5 Å². The van der Waals surface area contributed by atoms with Crippen molar-refractivity contribution < 1.29 is 9.26 Å². The Bertz CT molecular complexity index is 529. The summed E-state index contributed by atoms with van der Waals surface area (Å²) < 4.78 is 10.7. The normalized spacial score (nSPS) is 11.5. The standard InChI is InChI=1S/C13H17N3O2/c1-13(2,3)12-15-11(16-18-12)8-17-10-7-5-4-6-9(10)14/h4-7H,8,14H2,1-3H3. The number of anilines is 1. The van der Waals surface area contributed by atoms with Gasteiger partial charge in [-0.2, -0.15) is 4.98 Å². The Labute approximate surface area is 106 Å². The van der Waals surface area contributed by atoms with Crippen LogP contribution in [0.3, 0.4) is 0 Å². The minimum Gasteiger partial charge on any atom is -0.483 e. The van der Waals surface area contributed by atoms with Crippen molar-refractivity contribution in [3.63, 3.8) is 0 Å².